The molecule has 2 aliphatic heterocycles. The van der Waals surface area contributed by atoms with Crippen LogP contribution in [0.4, 0.5) is 0 Å². The third kappa shape index (κ3) is 2.84. The molecular weight excluding hydrogens is 238 g/mol. The Morgan fingerprint density at radius 1 is 1.58 bits per heavy atom. The fourth-order valence-corrected chi connectivity index (χ4v) is 3.53. The number of ether oxygens (including phenoxy) is 1. The normalized spacial score (nSPS) is 32.5. The van der Waals surface area contributed by atoms with E-state index in [0.29, 0.717) is 0 Å². The van der Waals surface area contributed by atoms with Gasteiger partial charge in [-0.1, -0.05) is 13.8 Å². The molecule has 2 atom stereocenters. The van der Waals surface area contributed by atoms with Crippen molar-refractivity contribution in [3.63, 3.8) is 0 Å². The van der Waals surface area contributed by atoms with Gasteiger partial charge in [0.05, 0.1) is 12.2 Å². The van der Waals surface area contributed by atoms with Crippen molar-refractivity contribution in [2.45, 2.75) is 45.3 Å². The number of likely N-dealkylation sites (tertiary alicyclic amines) is 1. The van der Waals surface area contributed by atoms with Gasteiger partial charge in [-0.3, -0.25) is 10.00 Å². The zero-order valence-electron chi connectivity index (χ0n) is 12.1. The van der Waals surface area contributed by atoms with Gasteiger partial charge in [0.2, 0.25) is 0 Å². The van der Waals surface area contributed by atoms with Crippen LogP contribution in [0.1, 0.15) is 38.8 Å². The molecule has 2 saturated heterocycles. The average molecular weight is 263 g/mol. The molecule has 0 bridgehead atoms. The first-order chi connectivity index (χ1) is 9.17. The van der Waals surface area contributed by atoms with Crippen molar-refractivity contribution in [2.24, 2.45) is 11.8 Å². The predicted molar refractivity (Wildman–Crippen MR) is 74.7 cm³/mol. The fraction of sp³-hybridized carbons (Fsp3) is 0.800. The second kappa shape index (κ2) is 5.25. The highest BCUT2D eigenvalue weighted by atomic mass is 16.5. The summed E-state index contributed by atoms with van der Waals surface area (Å²) in [7, 11) is 0. The SMILES string of the molecule is CC(C)C1COC2(CCCN(Cc3ccn[nH]3)C2)C1. The summed E-state index contributed by atoms with van der Waals surface area (Å²) in [6, 6.07) is 2.06. The van der Waals surface area contributed by atoms with Crippen LogP contribution in [0.5, 0.6) is 0 Å². The molecular formula is C15H25N3O. The van der Waals surface area contributed by atoms with Gasteiger partial charge in [-0.15, -0.1) is 0 Å². The van der Waals surface area contributed by atoms with E-state index in [0.717, 1.165) is 31.5 Å². The zero-order valence-corrected chi connectivity index (χ0v) is 12.1. The van der Waals surface area contributed by atoms with Crippen LogP contribution < -0.4 is 0 Å². The first-order valence-electron chi connectivity index (χ1n) is 7.51. The second-order valence-electron chi connectivity index (χ2n) is 6.60. The highest BCUT2D eigenvalue weighted by Crippen LogP contribution is 2.40. The lowest BCUT2D eigenvalue weighted by Crippen LogP contribution is -2.47. The summed E-state index contributed by atoms with van der Waals surface area (Å²) in [5.41, 5.74) is 1.34. The Bertz CT molecular complexity index is 404. The van der Waals surface area contributed by atoms with Crippen molar-refractivity contribution in [2.75, 3.05) is 19.7 Å². The van der Waals surface area contributed by atoms with Gasteiger partial charge in [0.25, 0.3) is 0 Å². The van der Waals surface area contributed by atoms with Crippen molar-refractivity contribution in [3.05, 3.63) is 18.0 Å². The molecule has 0 aromatic carbocycles. The maximum Gasteiger partial charge on any atom is 0.0813 e. The molecule has 106 valence electrons. The Morgan fingerprint density at radius 3 is 3.16 bits per heavy atom. The standard InChI is InChI=1S/C15H25N3O/c1-12(2)13-8-15(19-10-13)5-3-7-18(11-15)9-14-4-6-16-17-14/h4,6,12-13H,3,5,7-11H2,1-2H3,(H,16,17). The summed E-state index contributed by atoms with van der Waals surface area (Å²) in [4.78, 5) is 2.51. The molecule has 0 amide bonds. The van der Waals surface area contributed by atoms with Crippen LogP contribution in [0, 0.1) is 11.8 Å². The molecule has 2 fully saturated rings. The summed E-state index contributed by atoms with van der Waals surface area (Å²) in [5.74, 6) is 1.48. The molecule has 3 heterocycles. The number of nitrogens with one attached hydrogen (secondary N) is 1. The summed E-state index contributed by atoms with van der Waals surface area (Å²) < 4.78 is 6.24. The molecule has 1 aromatic heterocycles. The van der Waals surface area contributed by atoms with Crippen molar-refractivity contribution in [1.82, 2.24) is 15.1 Å². The van der Waals surface area contributed by atoms with E-state index in [1.807, 2.05) is 6.20 Å². The van der Waals surface area contributed by atoms with Crippen molar-refractivity contribution < 1.29 is 4.74 Å². The lowest BCUT2D eigenvalue weighted by atomic mass is 9.83. The Labute approximate surface area is 115 Å². The van der Waals surface area contributed by atoms with Crippen LogP contribution in [-0.4, -0.2) is 40.4 Å². The summed E-state index contributed by atoms with van der Waals surface area (Å²) in [6.07, 6.45) is 5.55. The van der Waals surface area contributed by atoms with E-state index in [1.54, 1.807) is 0 Å². The van der Waals surface area contributed by atoms with E-state index in [2.05, 4.69) is 35.0 Å². The van der Waals surface area contributed by atoms with E-state index in [1.165, 1.54) is 31.5 Å². The Morgan fingerprint density at radius 2 is 2.47 bits per heavy atom. The Kier molecular flexibility index (Phi) is 3.63. The first-order valence-corrected chi connectivity index (χ1v) is 7.51. The van der Waals surface area contributed by atoms with E-state index < -0.39 is 0 Å². The zero-order chi connectivity index (χ0) is 13.3. The molecule has 0 radical (unpaired) electrons. The molecule has 0 aliphatic carbocycles. The number of nitrogens with zero attached hydrogens (tertiary/aromatic N) is 2. The van der Waals surface area contributed by atoms with E-state index in [4.69, 9.17) is 4.74 Å². The smallest absolute Gasteiger partial charge is 0.0813 e. The maximum atomic E-state index is 6.24. The monoisotopic (exact) mass is 263 g/mol. The summed E-state index contributed by atoms with van der Waals surface area (Å²) in [5, 5.41) is 7.09. The van der Waals surface area contributed by atoms with Gasteiger partial charge in [-0.05, 0) is 43.7 Å². The molecule has 1 aromatic rings. The van der Waals surface area contributed by atoms with Crippen molar-refractivity contribution in [1.29, 1.82) is 0 Å². The number of aromatic nitrogens is 2. The highest BCUT2D eigenvalue weighted by molar-refractivity contribution is 5.00. The number of hydrogen-bond donors (Lipinski definition) is 1. The average Bonchev–Trinajstić information content (AvgIpc) is 3.00. The number of piperidine rings is 1. The molecule has 4 nitrogen and oxygen atoms in total. The van der Waals surface area contributed by atoms with Crippen molar-refractivity contribution in [3.8, 4) is 0 Å². The van der Waals surface area contributed by atoms with E-state index in [-0.39, 0.29) is 5.60 Å². The van der Waals surface area contributed by atoms with Gasteiger partial charge in [-0.25, -0.2) is 0 Å². The largest absolute Gasteiger partial charge is 0.373 e. The number of aromatic amines is 1. The van der Waals surface area contributed by atoms with Gasteiger partial charge in [0.1, 0.15) is 0 Å². The van der Waals surface area contributed by atoms with E-state index >= 15 is 0 Å². The predicted octanol–water partition coefficient (Wildman–Crippen LogP) is 2.44. The Balaban J connectivity index is 1.62. The molecule has 1 N–H and O–H groups in total. The quantitative estimate of drug-likeness (QED) is 0.910. The van der Waals surface area contributed by atoms with Crippen LogP contribution in [-0.2, 0) is 11.3 Å². The molecule has 2 aliphatic rings. The Hall–Kier alpha value is -0.870. The molecule has 1 spiro atoms. The maximum absolute atomic E-state index is 6.24. The van der Waals surface area contributed by atoms with Crippen LogP contribution in [0.25, 0.3) is 0 Å². The van der Waals surface area contributed by atoms with Gasteiger partial charge >= 0.3 is 0 Å². The van der Waals surface area contributed by atoms with Gasteiger partial charge in [-0.2, -0.15) is 5.10 Å². The van der Waals surface area contributed by atoms with Crippen LogP contribution in [0.3, 0.4) is 0 Å². The van der Waals surface area contributed by atoms with Crippen molar-refractivity contribution >= 4 is 0 Å². The molecule has 4 heteroatoms. The minimum absolute atomic E-state index is 0.132. The molecule has 19 heavy (non-hydrogen) atoms. The lowest BCUT2D eigenvalue weighted by molar-refractivity contribution is -0.0538. The second-order valence-corrected chi connectivity index (χ2v) is 6.60. The topological polar surface area (TPSA) is 41.1 Å². The first kappa shape index (κ1) is 13.1. The molecule has 2 unspecified atom stereocenters. The van der Waals surface area contributed by atoms with Gasteiger partial charge in [0, 0.05) is 25.0 Å². The summed E-state index contributed by atoms with van der Waals surface area (Å²) >= 11 is 0. The van der Waals surface area contributed by atoms with Crippen LogP contribution in [0.2, 0.25) is 0 Å². The van der Waals surface area contributed by atoms with Gasteiger partial charge < -0.3 is 4.74 Å². The summed E-state index contributed by atoms with van der Waals surface area (Å²) in [6.45, 7) is 8.81. The van der Waals surface area contributed by atoms with Crippen LogP contribution >= 0.6 is 0 Å². The third-order valence-electron chi connectivity index (χ3n) is 4.75. The minimum atomic E-state index is 0.132. The van der Waals surface area contributed by atoms with Gasteiger partial charge in [0.15, 0.2) is 0 Å². The molecule has 3 rings (SSSR count). The van der Waals surface area contributed by atoms with Crippen LogP contribution in [0.15, 0.2) is 12.3 Å². The third-order valence-corrected chi connectivity index (χ3v) is 4.75. The number of hydrogen-bond acceptors (Lipinski definition) is 3. The highest BCUT2D eigenvalue weighted by Gasteiger charge is 2.43. The fourth-order valence-electron chi connectivity index (χ4n) is 3.53. The molecule has 0 saturated carbocycles. The number of H-pyrrole nitrogens is 1. The van der Waals surface area contributed by atoms with E-state index in [9.17, 15) is 0 Å². The minimum Gasteiger partial charge on any atom is -0.373 e. The number of rotatable bonds is 3. The lowest BCUT2D eigenvalue weighted by Gasteiger charge is -2.39.